The topological polar surface area (TPSA) is 139 Å². The number of hydrogen-bond donors (Lipinski definition) is 3. The molecule has 2 unspecified atom stereocenters. The lowest BCUT2D eigenvalue weighted by Gasteiger charge is -2.26. The minimum atomic E-state index is -3.36. The van der Waals surface area contributed by atoms with Crippen LogP contribution in [-0.4, -0.2) is 54.1 Å². The first kappa shape index (κ1) is 42.1. The zero-order chi connectivity index (χ0) is 39.8. The van der Waals surface area contributed by atoms with E-state index in [2.05, 4.69) is 62.7 Å². The quantitative estimate of drug-likeness (QED) is 0.131. The molecule has 0 saturated heterocycles. The smallest absolute Gasteiger partial charge is 0.229 e. The van der Waals surface area contributed by atoms with Crippen LogP contribution in [0.4, 0.5) is 5.69 Å². The molecule has 2 aliphatic carbocycles. The van der Waals surface area contributed by atoms with Gasteiger partial charge in [-0.2, -0.15) is 0 Å². The molecule has 294 valence electrons. The minimum absolute atomic E-state index is 0.135. The monoisotopic (exact) mass is 803 g/mol. The second-order valence-corrected chi connectivity index (χ2v) is 21.0. The second kappa shape index (κ2) is 18.3. The van der Waals surface area contributed by atoms with Crippen LogP contribution in [0.3, 0.4) is 0 Å². The molecule has 55 heavy (non-hydrogen) atoms. The highest BCUT2D eigenvalue weighted by Crippen LogP contribution is 2.32. The Morgan fingerprint density at radius 1 is 0.509 bits per heavy atom. The molecule has 0 spiro atoms. The zero-order valence-corrected chi connectivity index (χ0v) is 34.6. The summed E-state index contributed by atoms with van der Waals surface area (Å²) in [6.07, 6.45) is 10.9. The fraction of sp³-hybridized carbons (Fsp3) is 0.349. The molecule has 4 aromatic carbocycles. The Labute approximate surface area is 328 Å². The molecule has 9 nitrogen and oxygen atoms in total. The third kappa shape index (κ3) is 11.7. The summed E-state index contributed by atoms with van der Waals surface area (Å²) < 4.78 is 80.5. The van der Waals surface area contributed by atoms with Crippen LogP contribution in [0.2, 0.25) is 0 Å². The lowest BCUT2D eigenvalue weighted by Crippen LogP contribution is -2.40. The van der Waals surface area contributed by atoms with Gasteiger partial charge in [0.2, 0.25) is 30.1 Å². The molecule has 0 aliphatic heterocycles. The summed E-state index contributed by atoms with van der Waals surface area (Å²) in [5.74, 6) is 0. The molecule has 0 amide bonds. The molecule has 6 rings (SSSR count). The van der Waals surface area contributed by atoms with Gasteiger partial charge in [-0.25, -0.2) is 34.7 Å². The number of benzene rings is 4. The van der Waals surface area contributed by atoms with Gasteiger partial charge in [-0.1, -0.05) is 103 Å². The van der Waals surface area contributed by atoms with Crippen molar-refractivity contribution in [2.75, 3.05) is 11.0 Å². The third-order valence-electron chi connectivity index (χ3n) is 9.77. The summed E-state index contributed by atoms with van der Waals surface area (Å²) in [6.45, 7) is 6.78. The van der Waals surface area contributed by atoms with Gasteiger partial charge in [-0.15, -0.1) is 0 Å². The van der Waals surface area contributed by atoms with Gasteiger partial charge in [0.1, 0.15) is 0 Å². The Bertz CT molecular complexity index is 2300. The van der Waals surface area contributed by atoms with Crippen molar-refractivity contribution in [3.05, 3.63) is 126 Å². The fourth-order valence-electron chi connectivity index (χ4n) is 6.62. The SMILES string of the molecule is CC(C)S(=O)(=O)NC1CCCC=C1c1ccc(-c2cccc(NS(C)(=O)=O)c2)cc1.CC(C)S(=O)(=O)NC1CCCC=C1c1ccc(-c2ccccc2)cc1. The standard InChI is InChI=1S/C22H28N2O4S2.C21H25NO2S/c1-16(2)30(27,28)24-22-10-5-4-9-21(22)18-13-11-17(12-14-18)19-7-6-8-20(15-19)23-29(3,25)26;1-16(2)25(23,24)22-21-11-7-6-10-20(21)19-14-12-18(13-15-19)17-8-4-3-5-9-17/h6-9,11-16,22-24H,4-5,10H2,1-3H3;3-5,8-10,12-16,21-22H,6-7,11H2,1-2H3. The molecule has 0 fully saturated rings. The maximum absolute atomic E-state index is 12.4. The number of allylic oxidation sites excluding steroid dienone is 2. The van der Waals surface area contributed by atoms with Crippen LogP contribution in [0.1, 0.15) is 77.3 Å². The van der Waals surface area contributed by atoms with E-state index in [-0.39, 0.29) is 12.1 Å². The number of anilines is 1. The summed E-state index contributed by atoms with van der Waals surface area (Å²) in [5.41, 5.74) is 8.88. The van der Waals surface area contributed by atoms with Crippen molar-refractivity contribution in [2.24, 2.45) is 0 Å². The van der Waals surface area contributed by atoms with E-state index < -0.39 is 40.6 Å². The molecule has 4 aromatic rings. The van der Waals surface area contributed by atoms with E-state index in [1.165, 1.54) is 11.1 Å². The zero-order valence-electron chi connectivity index (χ0n) is 32.2. The van der Waals surface area contributed by atoms with Crippen LogP contribution in [0.25, 0.3) is 33.4 Å². The summed E-state index contributed by atoms with van der Waals surface area (Å²) in [4.78, 5) is 0. The maximum Gasteiger partial charge on any atom is 0.229 e. The largest absolute Gasteiger partial charge is 0.284 e. The van der Waals surface area contributed by atoms with Gasteiger partial charge in [0, 0.05) is 17.8 Å². The number of rotatable bonds is 12. The Morgan fingerprint density at radius 3 is 1.35 bits per heavy atom. The van der Waals surface area contributed by atoms with E-state index in [9.17, 15) is 25.3 Å². The summed E-state index contributed by atoms with van der Waals surface area (Å²) >= 11 is 0. The van der Waals surface area contributed by atoms with Crippen molar-refractivity contribution in [3.8, 4) is 22.3 Å². The first-order valence-electron chi connectivity index (χ1n) is 18.8. The minimum Gasteiger partial charge on any atom is -0.284 e. The van der Waals surface area contributed by atoms with Crippen molar-refractivity contribution in [2.45, 2.75) is 88.8 Å². The van der Waals surface area contributed by atoms with E-state index in [4.69, 9.17) is 0 Å². The lowest BCUT2D eigenvalue weighted by atomic mass is 9.89. The second-order valence-electron chi connectivity index (χ2n) is 14.7. The number of sulfonamides is 3. The molecule has 0 heterocycles. The Balaban J connectivity index is 0.000000214. The molecule has 0 bridgehead atoms. The van der Waals surface area contributed by atoms with Crippen LogP contribution in [0, 0.1) is 0 Å². The molecule has 2 atom stereocenters. The number of nitrogens with one attached hydrogen (secondary N) is 3. The van der Waals surface area contributed by atoms with Crippen molar-refractivity contribution in [3.63, 3.8) is 0 Å². The molecule has 3 N–H and O–H groups in total. The fourth-order valence-corrected chi connectivity index (χ4v) is 9.01. The van der Waals surface area contributed by atoms with Gasteiger partial charge in [0.15, 0.2) is 0 Å². The maximum atomic E-state index is 12.4. The van der Waals surface area contributed by atoms with Gasteiger partial charge < -0.3 is 0 Å². The summed E-state index contributed by atoms with van der Waals surface area (Å²) in [7, 11) is -9.98. The van der Waals surface area contributed by atoms with Crippen LogP contribution in [0.15, 0.2) is 115 Å². The highest BCUT2D eigenvalue weighted by Gasteiger charge is 2.27. The molecule has 0 radical (unpaired) electrons. The van der Waals surface area contributed by atoms with Crippen molar-refractivity contribution < 1.29 is 25.3 Å². The molecular formula is C43H53N3O6S3. The first-order valence-corrected chi connectivity index (χ1v) is 23.8. The molecule has 0 saturated carbocycles. The average Bonchev–Trinajstić information content (AvgIpc) is 3.15. The van der Waals surface area contributed by atoms with Crippen molar-refractivity contribution in [1.29, 1.82) is 0 Å². The van der Waals surface area contributed by atoms with E-state index in [1.807, 2.05) is 48.5 Å². The van der Waals surface area contributed by atoms with E-state index >= 15 is 0 Å². The van der Waals surface area contributed by atoms with Gasteiger partial charge in [0.05, 0.1) is 16.8 Å². The van der Waals surface area contributed by atoms with E-state index in [1.54, 1.807) is 45.9 Å². The van der Waals surface area contributed by atoms with Crippen molar-refractivity contribution in [1.82, 2.24) is 9.44 Å². The third-order valence-corrected chi connectivity index (χ3v) is 14.1. The van der Waals surface area contributed by atoms with Gasteiger partial charge in [0.25, 0.3) is 0 Å². The first-order chi connectivity index (χ1) is 26.0. The summed E-state index contributed by atoms with van der Waals surface area (Å²) in [5, 5.41) is -0.896. The summed E-state index contributed by atoms with van der Waals surface area (Å²) in [6, 6.07) is 33.4. The highest BCUT2D eigenvalue weighted by molar-refractivity contribution is 7.92. The normalized spacial score (nSPS) is 17.9. The van der Waals surface area contributed by atoms with E-state index in [0.717, 1.165) is 78.2 Å². The Hall–Kier alpha value is -4.07. The molecule has 12 heteroatoms. The van der Waals surface area contributed by atoms with Gasteiger partial charge in [-0.05, 0) is 123 Å². The average molecular weight is 804 g/mol. The predicted octanol–water partition coefficient (Wildman–Crippen LogP) is 8.61. The Morgan fingerprint density at radius 2 is 0.909 bits per heavy atom. The van der Waals surface area contributed by atoms with Crippen molar-refractivity contribution >= 4 is 46.9 Å². The van der Waals surface area contributed by atoms with Crippen LogP contribution >= 0.6 is 0 Å². The molecular weight excluding hydrogens is 751 g/mol. The number of hydrogen-bond acceptors (Lipinski definition) is 6. The molecule has 0 aromatic heterocycles. The van der Waals surface area contributed by atoms with Gasteiger partial charge in [-0.3, -0.25) is 4.72 Å². The predicted molar refractivity (Wildman–Crippen MR) is 228 cm³/mol. The highest BCUT2D eigenvalue weighted by atomic mass is 32.2. The van der Waals surface area contributed by atoms with Crippen LogP contribution in [0.5, 0.6) is 0 Å². The van der Waals surface area contributed by atoms with E-state index in [0.29, 0.717) is 5.69 Å². The van der Waals surface area contributed by atoms with Crippen LogP contribution < -0.4 is 14.2 Å². The van der Waals surface area contributed by atoms with Gasteiger partial charge >= 0.3 is 0 Å². The van der Waals surface area contributed by atoms with Crippen LogP contribution in [-0.2, 0) is 30.1 Å². The molecule has 2 aliphatic rings. The lowest BCUT2D eigenvalue weighted by molar-refractivity contribution is 0.546. The Kier molecular flexibility index (Phi) is 14.0.